The van der Waals surface area contributed by atoms with Crippen molar-refractivity contribution in [3.8, 4) is 0 Å². The van der Waals surface area contributed by atoms with E-state index in [1.807, 2.05) is 0 Å². The lowest BCUT2D eigenvalue weighted by Crippen LogP contribution is -2.30. The van der Waals surface area contributed by atoms with E-state index in [1.54, 1.807) is 0 Å². The van der Waals surface area contributed by atoms with E-state index >= 15 is 0 Å². The first-order valence-electron chi connectivity index (χ1n) is 5.96. The van der Waals surface area contributed by atoms with Crippen molar-refractivity contribution in [2.75, 3.05) is 0 Å². The molecule has 2 atom stereocenters. The molecular formula is C11H15F3N2O2. The van der Waals surface area contributed by atoms with Crippen LogP contribution in [0, 0.1) is 0 Å². The highest BCUT2D eigenvalue weighted by Gasteiger charge is 2.35. The Kier molecular flexibility index (Phi) is 3.52. The molecule has 2 unspecified atom stereocenters. The SMILES string of the molecule is O=c1cc(C(F)(F)F)[nH]n1C1CCCCCC1O. The second kappa shape index (κ2) is 4.79. The second-order valence-electron chi connectivity index (χ2n) is 4.65. The van der Waals surface area contributed by atoms with Crippen LogP contribution in [0.15, 0.2) is 10.9 Å². The summed E-state index contributed by atoms with van der Waals surface area (Å²) in [5.74, 6) is 0. The van der Waals surface area contributed by atoms with E-state index in [-0.39, 0.29) is 0 Å². The molecule has 1 aromatic rings. The number of aliphatic hydroxyl groups excluding tert-OH is 1. The Labute approximate surface area is 101 Å². The molecule has 18 heavy (non-hydrogen) atoms. The Bertz CT molecular complexity index is 464. The van der Waals surface area contributed by atoms with Gasteiger partial charge >= 0.3 is 6.18 Å². The van der Waals surface area contributed by atoms with E-state index in [0.717, 1.165) is 23.9 Å². The zero-order valence-corrected chi connectivity index (χ0v) is 9.70. The van der Waals surface area contributed by atoms with E-state index in [2.05, 4.69) is 5.10 Å². The largest absolute Gasteiger partial charge is 0.432 e. The Balaban J connectivity index is 2.32. The molecule has 1 aliphatic carbocycles. The number of rotatable bonds is 1. The number of nitrogens with one attached hydrogen (secondary N) is 1. The van der Waals surface area contributed by atoms with Gasteiger partial charge < -0.3 is 5.11 Å². The molecule has 2 rings (SSSR count). The van der Waals surface area contributed by atoms with Crippen molar-refractivity contribution < 1.29 is 18.3 Å². The van der Waals surface area contributed by atoms with Crippen LogP contribution in [0.3, 0.4) is 0 Å². The molecule has 0 radical (unpaired) electrons. The molecular weight excluding hydrogens is 249 g/mol. The first kappa shape index (κ1) is 13.2. The van der Waals surface area contributed by atoms with Crippen LogP contribution in [-0.4, -0.2) is 21.0 Å². The first-order valence-corrected chi connectivity index (χ1v) is 5.96. The lowest BCUT2D eigenvalue weighted by molar-refractivity contribution is -0.141. The van der Waals surface area contributed by atoms with Gasteiger partial charge in [0.25, 0.3) is 5.56 Å². The Morgan fingerprint density at radius 3 is 2.56 bits per heavy atom. The molecule has 0 aromatic carbocycles. The van der Waals surface area contributed by atoms with Crippen molar-refractivity contribution in [3.05, 3.63) is 22.1 Å². The van der Waals surface area contributed by atoms with Crippen LogP contribution in [0.1, 0.15) is 43.8 Å². The van der Waals surface area contributed by atoms with Crippen molar-refractivity contribution in [2.45, 2.75) is 50.4 Å². The third-order valence-electron chi connectivity index (χ3n) is 3.33. The average molecular weight is 264 g/mol. The van der Waals surface area contributed by atoms with E-state index in [9.17, 15) is 23.1 Å². The predicted octanol–water partition coefficient (Wildman–Crippen LogP) is 2.06. The van der Waals surface area contributed by atoms with E-state index in [0.29, 0.717) is 18.9 Å². The van der Waals surface area contributed by atoms with Crippen molar-refractivity contribution in [2.24, 2.45) is 0 Å². The summed E-state index contributed by atoms with van der Waals surface area (Å²) in [6.45, 7) is 0. The second-order valence-corrected chi connectivity index (χ2v) is 4.65. The van der Waals surface area contributed by atoms with Gasteiger partial charge in [-0.15, -0.1) is 0 Å². The molecule has 4 nitrogen and oxygen atoms in total. The summed E-state index contributed by atoms with van der Waals surface area (Å²) in [5.41, 5.74) is -1.81. The smallest absolute Gasteiger partial charge is 0.391 e. The molecule has 0 aliphatic heterocycles. The number of aromatic nitrogens is 2. The van der Waals surface area contributed by atoms with Crippen LogP contribution >= 0.6 is 0 Å². The molecule has 0 spiro atoms. The summed E-state index contributed by atoms with van der Waals surface area (Å²) in [5, 5.41) is 11.9. The third-order valence-corrected chi connectivity index (χ3v) is 3.33. The van der Waals surface area contributed by atoms with Crippen LogP contribution in [0.5, 0.6) is 0 Å². The van der Waals surface area contributed by atoms with Crippen LogP contribution in [-0.2, 0) is 6.18 Å². The Morgan fingerprint density at radius 1 is 1.28 bits per heavy atom. The molecule has 7 heteroatoms. The van der Waals surface area contributed by atoms with Crippen LogP contribution in [0.2, 0.25) is 0 Å². The molecule has 1 aromatic heterocycles. The maximum atomic E-state index is 12.5. The summed E-state index contributed by atoms with van der Waals surface area (Å²) < 4.78 is 38.4. The van der Waals surface area contributed by atoms with Crippen molar-refractivity contribution in [1.82, 2.24) is 9.78 Å². The number of aromatic amines is 1. The molecule has 0 bridgehead atoms. The molecule has 0 amide bonds. The minimum Gasteiger partial charge on any atom is -0.391 e. The third kappa shape index (κ3) is 2.60. The zero-order chi connectivity index (χ0) is 13.3. The van der Waals surface area contributed by atoms with Gasteiger partial charge in [0, 0.05) is 6.07 Å². The monoisotopic (exact) mass is 264 g/mol. The fourth-order valence-electron chi connectivity index (χ4n) is 2.37. The van der Waals surface area contributed by atoms with Crippen molar-refractivity contribution >= 4 is 0 Å². The summed E-state index contributed by atoms with van der Waals surface area (Å²) in [6.07, 6.45) is -1.76. The van der Waals surface area contributed by atoms with Gasteiger partial charge in [-0.1, -0.05) is 19.3 Å². The maximum Gasteiger partial charge on any atom is 0.432 e. The average Bonchev–Trinajstić information content (AvgIpc) is 2.52. The molecule has 1 saturated carbocycles. The maximum absolute atomic E-state index is 12.5. The van der Waals surface area contributed by atoms with E-state index in [4.69, 9.17) is 0 Å². The van der Waals surface area contributed by atoms with Gasteiger partial charge in [-0.2, -0.15) is 13.2 Å². The molecule has 2 N–H and O–H groups in total. The predicted molar refractivity (Wildman–Crippen MR) is 58.2 cm³/mol. The van der Waals surface area contributed by atoms with Gasteiger partial charge in [-0.05, 0) is 12.8 Å². The Morgan fingerprint density at radius 2 is 1.94 bits per heavy atom. The number of aliphatic hydroxyl groups is 1. The van der Waals surface area contributed by atoms with Gasteiger partial charge in [0.05, 0.1) is 12.1 Å². The highest BCUT2D eigenvalue weighted by atomic mass is 19.4. The topological polar surface area (TPSA) is 58.0 Å². The number of hydrogen-bond acceptors (Lipinski definition) is 2. The van der Waals surface area contributed by atoms with Crippen LogP contribution in [0.25, 0.3) is 0 Å². The van der Waals surface area contributed by atoms with Gasteiger partial charge in [-0.3, -0.25) is 9.89 Å². The fourth-order valence-corrected chi connectivity index (χ4v) is 2.37. The van der Waals surface area contributed by atoms with Crippen LogP contribution in [0.4, 0.5) is 13.2 Å². The van der Waals surface area contributed by atoms with Gasteiger partial charge in [0.2, 0.25) is 0 Å². The van der Waals surface area contributed by atoms with Crippen LogP contribution < -0.4 is 5.56 Å². The molecule has 0 saturated heterocycles. The lowest BCUT2D eigenvalue weighted by atomic mass is 10.1. The van der Waals surface area contributed by atoms with Gasteiger partial charge in [0.15, 0.2) is 0 Å². The molecule has 102 valence electrons. The standard InChI is InChI=1S/C11H15F3N2O2/c12-11(13,14)9-6-10(18)16(15-9)7-4-2-1-3-5-8(7)17/h6-8,15,17H,1-5H2. The molecule has 1 heterocycles. The fraction of sp³-hybridized carbons (Fsp3) is 0.727. The minimum absolute atomic E-state index is 0.511. The summed E-state index contributed by atoms with van der Waals surface area (Å²) in [7, 11) is 0. The normalized spacial score (nSPS) is 26.0. The number of H-pyrrole nitrogens is 1. The zero-order valence-electron chi connectivity index (χ0n) is 9.70. The number of alkyl halides is 3. The summed E-state index contributed by atoms with van der Waals surface area (Å²) >= 11 is 0. The summed E-state index contributed by atoms with van der Waals surface area (Å²) in [6, 6.07) is -0.0476. The molecule has 1 aliphatic rings. The summed E-state index contributed by atoms with van der Waals surface area (Å²) in [4.78, 5) is 11.6. The first-order chi connectivity index (χ1) is 8.39. The molecule has 1 fully saturated rings. The van der Waals surface area contributed by atoms with E-state index in [1.165, 1.54) is 0 Å². The van der Waals surface area contributed by atoms with Gasteiger partial charge in [0.1, 0.15) is 5.69 Å². The Hall–Kier alpha value is -1.24. The number of nitrogens with zero attached hydrogens (tertiary/aromatic N) is 1. The van der Waals surface area contributed by atoms with Gasteiger partial charge in [-0.25, -0.2) is 4.68 Å². The highest BCUT2D eigenvalue weighted by Crippen LogP contribution is 2.29. The minimum atomic E-state index is -4.57. The van der Waals surface area contributed by atoms with E-state index < -0.39 is 29.6 Å². The quantitative estimate of drug-likeness (QED) is 0.763. The highest BCUT2D eigenvalue weighted by molar-refractivity contribution is 5.05. The lowest BCUT2D eigenvalue weighted by Gasteiger charge is -2.21. The van der Waals surface area contributed by atoms with Crippen molar-refractivity contribution in [1.29, 1.82) is 0 Å². The number of hydrogen-bond donors (Lipinski definition) is 2. The van der Waals surface area contributed by atoms with Crippen molar-refractivity contribution in [3.63, 3.8) is 0 Å². The number of halogens is 3.